The predicted octanol–water partition coefficient (Wildman–Crippen LogP) is 3.27. The smallest absolute Gasteiger partial charge is 0.128 e. The second-order valence-electron chi connectivity index (χ2n) is 5.41. The quantitative estimate of drug-likeness (QED) is 0.845. The predicted molar refractivity (Wildman–Crippen MR) is 96.8 cm³/mol. The highest BCUT2D eigenvalue weighted by Crippen LogP contribution is 2.19. The van der Waals surface area contributed by atoms with Gasteiger partial charge in [-0.25, -0.2) is 4.98 Å². The van der Waals surface area contributed by atoms with E-state index in [0.717, 1.165) is 30.4 Å². The van der Waals surface area contributed by atoms with Crippen LogP contribution in [0.1, 0.15) is 5.56 Å². The zero-order valence-electron chi connectivity index (χ0n) is 13.2. The largest absolute Gasteiger partial charge is 0.492 e. The molecule has 2 heterocycles. The third-order valence-electron chi connectivity index (χ3n) is 3.66. The number of allylic oxidation sites excluding steroid dienone is 1. The van der Waals surface area contributed by atoms with E-state index in [9.17, 15) is 0 Å². The molecule has 23 heavy (non-hydrogen) atoms. The summed E-state index contributed by atoms with van der Waals surface area (Å²) in [6.45, 7) is 1.43. The Morgan fingerprint density at radius 2 is 2.09 bits per heavy atom. The van der Waals surface area contributed by atoms with Gasteiger partial charge in [0.05, 0.1) is 12.4 Å². The minimum Gasteiger partial charge on any atom is -0.492 e. The van der Waals surface area contributed by atoms with Crippen molar-refractivity contribution in [3.63, 3.8) is 0 Å². The standard InChI is InChI=1S/C18H21N3OS/c1-21(18-4-2-3-9-19-18)10-11-22-17-7-5-15(6-8-17)12-16-13-23-14-20-16/h2-9,13,20H,10-12,14H2,1H3. The number of anilines is 1. The molecule has 1 aliphatic rings. The van der Waals surface area contributed by atoms with Gasteiger partial charge in [-0.15, -0.1) is 11.8 Å². The summed E-state index contributed by atoms with van der Waals surface area (Å²) in [7, 11) is 2.02. The van der Waals surface area contributed by atoms with Crippen LogP contribution in [-0.4, -0.2) is 31.1 Å². The summed E-state index contributed by atoms with van der Waals surface area (Å²) in [4.78, 5) is 6.41. The van der Waals surface area contributed by atoms with Gasteiger partial charge in [-0.05, 0) is 35.2 Å². The third kappa shape index (κ3) is 4.66. The van der Waals surface area contributed by atoms with Gasteiger partial charge < -0.3 is 15.0 Å². The molecule has 0 radical (unpaired) electrons. The fraction of sp³-hybridized carbons (Fsp3) is 0.278. The zero-order valence-corrected chi connectivity index (χ0v) is 14.1. The maximum Gasteiger partial charge on any atom is 0.128 e. The maximum absolute atomic E-state index is 5.82. The minimum absolute atomic E-state index is 0.635. The Kier molecular flexibility index (Phi) is 5.42. The van der Waals surface area contributed by atoms with Crippen LogP contribution in [0.3, 0.4) is 0 Å². The van der Waals surface area contributed by atoms with Gasteiger partial charge in [0.1, 0.15) is 18.2 Å². The molecule has 1 aromatic heterocycles. The summed E-state index contributed by atoms with van der Waals surface area (Å²) in [5.74, 6) is 2.85. The highest BCUT2D eigenvalue weighted by Gasteiger charge is 2.05. The molecule has 0 aliphatic carbocycles. The SMILES string of the molecule is CN(CCOc1ccc(CC2=CSCN2)cc1)c1ccccn1. The Hall–Kier alpha value is -2.14. The van der Waals surface area contributed by atoms with Crippen molar-refractivity contribution in [3.05, 3.63) is 65.3 Å². The van der Waals surface area contributed by atoms with Crippen LogP contribution in [0.15, 0.2) is 59.8 Å². The molecule has 0 bridgehead atoms. The summed E-state index contributed by atoms with van der Waals surface area (Å²) in [5.41, 5.74) is 2.59. The summed E-state index contributed by atoms with van der Waals surface area (Å²) < 4.78 is 5.82. The van der Waals surface area contributed by atoms with Crippen molar-refractivity contribution in [1.29, 1.82) is 0 Å². The number of rotatable bonds is 7. The molecule has 3 rings (SSSR count). The Bertz CT molecular complexity index is 643. The second kappa shape index (κ2) is 7.92. The second-order valence-corrected chi connectivity index (χ2v) is 6.27. The first-order chi connectivity index (χ1) is 11.3. The summed E-state index contributed by atoms with van der Waals surface area (Å²) in [6.07, 6.45) is 2.76. The molecule has 5 heteroatoms. The van der Waals surface area contributed by atoms with E-state index < -0.39 is 0 Å². The van der Waals surface area contributed by atoms with E-state index in [-0.39, 0.29) is 0 Å². The van der Waals surface area contributed by atoms with Crippen LogP contribution in [0.4, 0.5) is 5.82 Å². The number of benzene rings is 1. The first-order valence-electron chi connectivity index (χ1n) is 7.70. The van der Waals surface area contributed by atoms with Crippen LogP contribution in [0.25, 0.3) is 0 Å². The number of nitrogens with one attached hydrogen (secondary N) is 1. The molecule has 0 unspecified atom stereocenters. The van der Waals surface area contributed by atoms with Crippen molar-refractivity contribution in [3.8, 4) is 5.75 Å². The van der Waals surface area contributed by atoms with E-state index in [2.05, 4.69) is 32.7 Å². The molecule has 1 N–H and O–H groups in total. The number of hydrogen-bond donors (Lipinski definition) is 1. The lowest BCUT2D eigenvalue weighted by Crippen LogP contribution is -2.24. The molecular weight excluding hydrogens is 306 g/mol. The fourth-order valence-electron chi connectivity index (χ4n) is 2.34. The Labute approximate surface area is 141 Å². The van der Waals surface area contributed by atoms with Gasteiger partial charge in [-0.3, -0.25) is 0 Å². The molecule has 0 fully saturated rings. The van der Waals surface area contributed by atoms with Gasteiger partial charge in [-0.2, -0.15) is 0 Å². The van der Waals surface area contributed by atoms with Crippen molar-refractivity contribution < 1.29 is 4.74 Å². The van der Waals surface area contributed by atoms with E-state index in [1.54, 1.807) is 6.20 Å². The molecule has 0 amide bonds. The van der Waals surface area contributed by atoms with Crippen LogP contribution in [0, 0.1) is 0 Å². The van der Waals surface area contributed by atoms with Gasteiger partial charge in [0.2, 0.25) is 0 Å². The summed E-state index contributed by atoms with van der Waals surface area (Å²) >= 11 is 1.81. The molecule has 4 nitrogen and oxygen atoms in total. The average Bonchev–Trinajstić information content (AvgIpc) is 3.10. The Morgan fingerprint density at radius 1 is 1.22 bits per heavy atom. The van der Waals surface area contributed by atoms with Gasteiger partial charge in [0.25, 0.3) is 0 Å². The van der Waals surface area contributed by atoms with Crippen LogP contribution in [0.2, 0.25) is 0 Å². The van der Waals surface area contributed by atoms with Gasteiger partial charge in [-0.1, -0.05) is 18.2 Å². The number of pyridine rings is 1. The monoisotopic (exact) mass is 327 g/mol. The minimum atomic E-state index is 0.635. The van der Waals surface area contributed by atoms with Gasteiger partial charge in [0, 0.05) is 25.4 Å². The van der Waals surface area contributed by atoms with Crippen molar-refractivity contribution in [1.82, 2.24) is 10.3 Å². The lowest BCUT2D eigenvalue weighted by Gasteiger charge is -2.18. The molecular formula is C18H21N3OS. The van der Waals surface area contributed by atoms with E-state index in [1.807, 2.05) is 49.1 Å². The Morgan fingerprint density at radius 3 is 2.78 bits per heavy atom. The molecule has 0 saturated heterocycles. The topological polar surface area (TPSA) is 37.4 Å². The van der Waals surface area contributed by atoms with Gasteiger partial charge >= 0.3 is 0 Å². The van der Waals surface area contributed by atoms with Crippen LogP contribution in [0.5, 0.6) is 5.75 Å². The lowest BCUT2D eigenvalue weighted by molar-refractivity contribution is 0.325. The lowest BCUT2D eigenvalue weighted by atomic mass is 10.1. The van der Waals surface area contributed by atoms with Crippen LogP contribution < -0.4 is 15.0 Å². The molecule has 0 spiro atoms. The fourth-order valence-corrected chi connectivity index (χ4v) is 3.06. The first kappa shape index (κ1) is 15.7. The van der Waals surface area contributed by atoms with Crippen LogP contribution >= 0.6 is 11.8 Å². The zero-order chi connectivity index (χ0) is 15.9. The number of aromatic nitrogens is 1. The number of hydrogen-bond acceptors (Lipinski definition) is 5. The van der Waals surface area contributed by atoms with Crippen molar-refractivity contribution in [2.75, 3.05) is 31.0 Å². The number of likely N-dealkylation sites (N-methyl/N-ethyl adjacent to an activating group) is 1. The van der Waals surface area contributed by atoms with Crippen molar-refractivity contribution in [2.45, 2.75) is 6.42 Å². The Balaban J connectivity index is 1.45. The number of ether oxygens (including phenoxy) is 1. The molecule has 1 aliphatic heterocycles. The third-order valence-corrected chi connectivity index (χ3v) is 4.42. The van der Waals surface area contributed by atoms with E-state index in [1.165, 1.54) is 11.3 Å². The maximum atomic E-state index is 5.82. The number of nitrogens with zero attached hydrogens (tertiary/aromatic N) is 2. The van der Waals surface area contributed by atoms with Gasteiger partial charge in [0.15, 0.2) is 0 Å². The van der Waals surface area contributed by atoms with E-state index in [0.29, 0.717) is 6.61 Å². The molecule has 120 valence electrons. The van der Waals surface area contributed by atoms with Crippen molar-refractivity contribution >= 4 is 17.6 Å². The summed E-state index contributed by atoms with van der Waals surface area (Å²) in [6, 6.07) is 14.2. The molecule has 2 aromatic rings. The van der Waals surface area contributed by atoms with E-state index >= 15 is 0 Å². The molecule has 0 atom stereocenters. The first-order valence-corrected chi connectivity index (χ1v) is 8.74. The normalized spacial score (nSPS) is 13.3. The summed E-state index contributed by atoms with van der Waals surface area (Å²) in [5, 5.41) is 5.56. The molecule has 0 saturated carbocycles. The highest BCUT2D eigenvalue weighted by molar-refractivity contribution is 8.02. The number of thioether (sulfide) groups is 1. The van der Waals surface area contributed by atoms with Crippen molar-refractivity contribution in [2.24, 2.45) is 0 Å². The van der Waals surface area contributed by atoms with E-state index in [4.69, 9.17) is 4.74 Å². The average molecular weight is 327 g/mol. The molecule has 1 aromatic carbocycles. The highest BCUT2D eigenvalue weighted by atomic mass is 32.2. The van der Waals surface area contributed by atoms with Crippen LogP contribution in [-0.2, 0) is 6.42 Å².